The van der Waals surface area contributed by atoms with Crippen molar-refractivity contribution in [1.29, 1.82) is 0 Å². The SMILES string of the molecule is CCN(C(=O)[C@H](C)OC(=O)c1c(C)nsc1NC)[C@H]1CCS(=O)(=O)C1. The van der Waals surface area contributed by atoms with Crippen LogP contribution in [0.25, 0.3) is 0 Å². The topological polar surface area (TPSA) is 106 Å². The number of ether oxygens (including phenoxy) is 1. The summed E-state index contributed by atoms with van der Waals surface area (Å²) in [4.78, 5) is 26.5. The molecule has 1 fully saturated rings. The van der Waals surface area contributed by atoms with Crippen molar-refractivity contribution >= 4 is 38.2 Å². The Morgan fingerprint density at radius 1 is 1.48 bits per heavy atom. The highest BCUT2D eigenvalue weighted by molar-refractivity contribution is 7.91. The fourth-order valence-corrected chi connectivity index (χ4v) is 5.36. The first-order chi connectivity index (χ1) is 11.7. The highest BCUT2D eigenvalue weighted by atomic mass is 32.2. The van der Waals surface area contributed by atoms with Crippen molar-refractivity contribution in [1.82, 2.24) is 9.27 Å². The minimum atomic E-state index is -3.10. The molecule has 2 rings (SSSR count). The van der Waals surface area contributed by atoms with E-state index >= 15 is 0 Å². The van der Waals surface area contributed by atoms with Gasteiger partial charge in [-0.15, -0.1) is 0 Å². The lowest BCUT2D eigenvalue weighted by Gasteiger charge is -2.29. The van der Waals surface area contributed by atoms with Crippen LogP contribution in [0.15, 0.2) is 0 Å². The van der Waals surface area contributed by atoms with E-state index in [4.69, 9.17) is 4.74 Å². The van der Waals surface area contributed by atoms with Crippen LogP contribution in [0.3, 0.4) is 0 Å². The second-order valence-corrected chi connectivity index (χ2v) is 8.95. The molecule has 10 heteroatoms. The first-order valence-electron chi connectivity index (χ1n) is 8.06. The van der Waals surface area contributed by atoms with Gasteiger partial charge in [0.2, 0.25) is 0 Å². The Morgan fingerprint density at radius 3 is 2.68 bits per heavy atom. The summed E-state index contributed by atoms with van der Waals surface area (Å²) >= 11 is 1.15. The van der Waals surface area contributed by atoms with Crippen molar-refractivity contribution in [3.63, 3.8) is 0 Å². The average molecular weight is 389 g/mol. The maximum absolute atomic E-state index is 12.6. The van der Waals surface area contributed by atoms with Crippen LogP contribution in [0, 0.1) is 6.92 Å². The third-order valence-corrected chi connectivity index (χ3v) is 6.90. The molecule has 0 radical (unpaired) electrons. The lowest BCUT2D eigenvalue weighted by molar-refractivity contribution is -0.141. The first-order valence-corrected chi connectivity index (χ1v) is 10.7. The van der Waals surface area contributed by atoms with Gasteiger partial charge in [0, 0.05) is 19.6 Å². The van der Waals surface area contributed by atoms with Crippen LogP contribution in [0.1, 0.15) is 36.3 Å². The Labute approximate surface area is 151 Å². The zero-order chi connectivity index (χ0) is 18.8. The number of rotatable bonds is 6. The number of esters is 1. The highest BCUT2D eigenvalue weighted by Crippen LogP contribution is 2.25. The zero-order valence-corrected chi connectivity index (χ0v) is 16.4. The fraction of sp³-hybridized carbons (Fsp3) is 0.667. The van der Waals surface area contributed by atoms with E-state index < -0.39 is 21.9 Å². The number of anilines is 1. The summed E-state index contributed by atoms with van der Waals surface area (Å²) in [5.41, 5.74) is 0.854. The molecule has 25 heavy (non-hydrogen) atoms. The van der Waals surface area contributed by atoms with Crippen molar-refractivity contribution < 1.29 is 22.7 Å². The van der Waals surface area contributed by atoms with Gasteiger partial charge in [-0.05, 0) is 38.7 Å². The highest BCUT2D eigenvalue weighted by Gasteiger charge is 2.36. The largest absolute Gasteiger partial charge is 0.449 e. The maximum Gasteiger partial charge on any atom is 0.343 e. The second-order valence-electron chi connectivity index (χ2n) is 5.95. The number of hydrogen-bond acceptors (Lipinski definition) is 8. The van der Waals surface area contributed by atoms with Crippen molar-refractivity contribution in [2.45, 2.75) is 39.3 Å². The smallest absolute Gasteiger partial charge is 0.343 e. The minimum absolute atomic E-state index is 0.0370. The summed E-state index contributed by atoms with van der Waals surface area (Å²) in [6.07, 6.45) is -0.584. The number of hydrogen-bond donors (Lipinski definition) is 1. The summed E-state index contributed by atoms with van der Waals surface area (Å²) in [5, 5.41) is 3.46. The van der Waals surface area contributed by atoms with Gasteiger partial charge in [0.15, 0.2) is 15.9 Å². The fourth-order valence-electron chi connectivity index (χ4n) is 2.90. The third kappa shape index (κ3) is 4.30. The van der Waals surface area contributed by atoms with Gasteiger partial charge in [0.1, 0.15) is 10.6 Å². The lowest BCUT2D eigenvalue weighted by atomic mass is 10.2. The molecule has 0 aliphatic carbocycles. The molecular formula is C15H23N3O5S2. The summed E-state index contributed by atoms with van der Waals surface area (Å²) in [7, 11) is -1.42. The monoisotopic (exact) mass is 389 g/mol. The lowest BCUT2D eigenvalue weighted by Crippen LogP contribution is -2.46. The normalized spacial score (nSPS) is 20.1. The molecule has 2 heterocycles. The number of sulfone groups is 1. The molecule has 140 valence electrons. The van der Waals surface area contributed by atoms with Crippen molar-refractivity contribution in [2.75, 3.05) is 30.4 Å². The summed E-state index contributed by atoms with van der Waals surface area (Å²) in [5.74, 6) is -0.956. The van der Waals surface area contributed by atoms with Crippen LogP contribution >= 0.6 is 11.5 Å². The number of carbonyl (C=O) groups excluding carboxylic acids is 2. The molecule has 1 aromatic rings. The zero-order valence-electron chi connectivity index (χ0n) is 14.7. The standard InChI is InChI=1S/C15H23N3O5S2/c1-5-18(11-6-7-25(21,22)8-11)14(19)10(3)23-15(20)12-9(2)17-24-13(12)16-4/h10-11,16H,5-8H2,1-4H3/t10-,11-/m0/s1. The molecule has 1 N–H and O–H groups in total. The van der Waals surface area contributed by atoms with Gasteiger partial charge < -0.3 is 15.0 Å². The van der Waals surface area contributed by atoms with E-state index in [1.807, 2.05) is 0 Å². The molecule has 1 aliphatic rings. The van der Waals surface area contributed by atoms with Gasteiger partial charge in [-0.3, -0.25) is 4.79 Å². The molecule has 1 aliphatic heterocycles. The van der Waals surface area contributed by atoms with Crippen LogP contribution in [-0.4, -0.2) is 66.8 Å². The third-order valence-electron chi connectivity index (χ3n) is 4.20. The number of carbonyl (C=O) groups is 2. The molecular weight excluding hydrogens is 366 g/mol. The first kappa shape index (κ1) is 19.6. The van der Waals surface area contributed by atoms with E-state index in [9.17, 15) is 18.0 Å². The maximum atomic E-state index is 12.6. The van der Waals surface area contributed by atoms with Crippen molar-refractivity contribution in [3.8, 4) is 0 Å². The predicted octanol–water partition coefficient (Wildman–Crippen LogP) is 1.07. The Morgan fingerprint density at radius 2 is 2.16 bits per heavy atom. The number of aromatic nitrogens is 1. The van der Waals surface area contributed by atoms with E-state index in [0.29, 0.717) is 29.2 Å². The molecule has 1 amide bonds. The van der Waals surface area contributed by atoms with Crippen LogP contribution in [0.2, 0.25) is 0 Å². The van der Waals surface area contributed by atoms with Gasteiger partial charge in [-0.2, -0.15) is 4.37 Å². The van der Waals surface area contributed by atoms with Crippen LogP contribution < -0.4 is 5.32 Å². The number of likely N-dealkylation sites (N-methyl/N-ethyl adjacent to an activating group) is 1. The Bertz CT molecular complexity index is 759. The minimum Gasteiger partial charge on any atom is -0.449 e. The number of amides is 1. The van der Waals surface area contributed by atoms with Gasteiger partial charge >= 0.3 is 5.97 Å². The predicted molar refractivity (Wildman–Crippen MR) is 95.7 cm³/mol. The summed E-state index contributed by atoms with van der Waals surface area (Å²) in [6, 6.07) is -0.360. The van der Waals surface area contributed by atoms with Crippen LogP contribution in [-0.2, 0) is 19.4 Å². The molecule has 0 spiro atoms. The van der Waals surface area contributed by atoms with Gasteiger partial charge in [-0.25, -0.2) is 13.2 Å². The van der Waals surface area contributed by atoms with Gasteiger partial charge in [0.05, 0.1) is 17.2 Å². The molecule has 0 saturated carbocycles. The van der Waals surface area contributed by atoms with E-state index in [-0.39, 0.29) is 23.5 Å². The van der Waals surface area contributed by atoms with E-state index in [1.54, 1.807) is 20.9 Å². The molecule has 1 aromatic heterocycles. The van der Waals surface area contributed by atoms with Crippen LogP contribution in [0.5, 0.6) is 0 Å². The Hall–Kier alpha value is -1.68. The second kappa shape index (κ2) is 7.69. The number of nitrogens with one attached hydrogen (secondary N) is 1. The molecule has 0 bridgehead atoms. The average Bonchev–Trinajstić information content (AvgIpc) is 3.09. The molecule has 0 unspecified atom stereocenters. The van der Waals surface area contributed by atoms with E-state index in [2.05, 4.69) is 9.69 Å². The van der Waals surface area contributed by atoms with E-state index in [0.717, 1.165) is 11.5 Å². The van der Waals surface area contributed by atoms with Gasteiger partial charge in [-0.1, -0.05) is 0 Å². The Balaban J connectivity index is 2.08. The number of aryl methyl sites for hydroxylation is 1. The molecule has 1 saturated heterocycles. The summed E-state index contributed by atoms with van der Waals surface area (Å²) in [6.45, 7) is 5.34. The van der Waals surface area contributed by atoms with Crippen LogP contribution in [0.4, 0.5) is 5.00 Å². The van der Waals surface area contributed by atoms with Crippen molar-refractivity contribution in [3.05, 3.63) is 11.3 Å². The molecule has 2 atom stereocenters. The van der Waals surface area contributed by atoms with Crippen molar-refractivity contribution in [2.24, 2.45) is 0 Å². The quantitative estimate of drug-likeness (QED) is 0.726. The summed E-state index contributed by atoms with van der Waals surface area (Å²) < 4.78 is 32.7. The van der Waals surface area contributed by atoms with E-state index in [1.165, 1.54) is 11.8 Å². The Kier molecular flexibility index (Phi) is 6.04. The molecule has 0 aromatic carbocycles. The molecule has 8 nitrogen and oxygen atoms in total. The van der Waals surface area contributed by atoms with Gasteiger partial charge in [0.25, 0.3) is 5.91 Å². The number of nitrogens with zero attached hydrogens (tertiary/aromatic N) is 2.